The number of nitrogens with two attached hydrogens (primary N) is 1. The summed E-state index contributed by atoms with van der Waals surface area (Å²) in [7, 11) is 3.96. The first kappa shape index (κ1) is 11.0. The van der Waals surface area contributed by atoms with Crippen molar-refractivity contribution in [3.8, 4) is 0 Å². The van der Waals surface area contributed by atoms with Crippen molar-refractivity contribution in [1.29, 1.82) is 5.41 Å². The average molecular weight is 212 g/mol. The van der Waals surface area contributed by atoms with Crippen LogP contribution in [0.15, 0.2) is 18.2 Å². The molecule has 0 aliphatic rings. The van der Waals surface area contributed by atoms with E-state index in [9.17, 15) is 0 Å². The zero-order chi connectivity index (χ0) is 10.7. The van der Waals surface area contributed by atoms with E-state index in [1.807, 2.05) is 31.1 Å². The van der Waals surface area contributed by atoms with Crippen LogP contribution in [-0.2, 0) is 6.54 Å². The number of benzene rings is 1. The van der Waals surface area contributed by atoms with Gasteiger partial charge >= 0.3 is 0 Å². The van der Waals surface area contributed by atoms with Crippen LogP contribution in [0.3, 0.4) is 0 Å². The van der Waals surface area contributed by atoms with Crippen molar-refractivity contribution in [3.63, 3.8) is 0 Å². The Balaban J connectivity index is 2.95. The molecule has 1 aromatic carbocycles. The van der Waals surface area contributed by atoms with Crippen LogP contribution >= 0.6 is 11.6 Å². The molecular formula is C10H14ClN3. The van der Waals surface area contributed by atoms with Gasteiger partial charge in [-0.05, 0) is 25.7 Å². The van der Waals surface area contributed by atoms with E-state index in [1.165, 1.54) is 0 Å². The maximum Gasteiger partial charge on any atom is 0.122 e. The molecule has 0 aliphatic heterocycles. The summed E-state index contributed by atoms with van der Waals surface area (Å²) in [5, 5.41) is 7.91. The SMILES string of the molecule is CN(C)Cc1ccc(C(=N)N)cc1Cl. The lowest BCUT2D eigenvalue weighted by Crippen LogP contribution is -2.13. The molecule has 0 unspecified atom stereocenters. The summed E-state index contributed by atoms with van der Waals surface area (Å²) in [5.74, 6) is 0.0447. The predicted octanol–water partition coefficient (Wildman–Crippen LogP) is 1.69. The fourth-order valence-corrected chi connectivity index (χ4v) is 1.42. The van der Waals surface area contributed by atoms with Crippen LogP contribution in [0.2, 0.25) is 5.02 Å². The number of nitrogens with one attached hydrogen (secondary N) is 1. The lowest BCUT2D eigenvalue weighted by Gasteiger charge is -2.11. The van der Waals surface area contributed by atoms with Gasteiger partial charge in [0.05, 0.1) is 0 Å². The van der Waals surface area contributed by atoms with Crippen molar-refractivity contribution in [2.45, 2.75) is 6.54 Å². The average Bonchev–Trinajstić information content (AvgIpc) is 2.07. The van der Waals surface area contributed by atoms with E-state index in [-0.39, 0.29) is 5.84 Å². The molecule has 0 aliphatic carbocycles. The lowest BCUT2D eigenvalue weighted by atomic mass is 10.1. The molecule has 1 aromatic rings. The highest BCUT2D eigenvalue weighted by molar-refractivity contribution is 6.31. The molecule has 3 N–H and O–H groups in total. The standard InChI is InChI=1S/C10H14ClN3/c1-14(2)6-8-4-3-7(10(12)13)5-9(8)11/h3-5H,6H2,1-2H3,(H3,12,13). The Labute approximate surface area is 89.0 Å². The first-order valence-electron chi connectivity index (χ1n) is 4.28. The zero-order valence-electron chi connectivity index (χ0n) is 8.34. The molecule has 0 atom stereocenters. The van der Waals surface area contributed by atoms with Crippen LogP contribution < -0.4 is 5.73 Å². The van der Waals surface area contributed by atoms with Crippen molar-refractivity contribution in [1.82, 2.24) is 4.90 Å². The Morgan fingerprint density at radius 2 is 2.14 bits per heavy atom. The van der Waals surface area contributed by atoms with Gasteiger partial charge in [0.15, 0.2) is 0 Å². The molecule has 0 saturated carbocycles. The Morgan fingerprint density at radius 3 is 2.57 bits per heavy atom. The molecule has 76 valence electrons. The zero-order valence-corrected chi connectivity index (χ0v) is 9.10. The van der Waals surface area contributed by atoms with Gasteiger partial charge in [0.1, 0.15) is 5.84 Å². The van der Waals surface area contributed by atoms with Gasteiger partial charge < -0.3 is 10.6 Å². The summed E-state index contributed by atoms with van der Waals surface area (Å²) < 4.78 is 0. The van der Waals surface area contributed by atoms with E-state index < -0.39 is 0 Å². The second-order valence-electron chi connectivity index (χ2n) is 3.46. The Bertz CT molecular complexity index is 347. The first-order chi connectivity index (χ1) is 6.50. The highest BCUT2D eigenvalue weighted by Gasteiger charge is 2.04. The fraction of sp³-hybridized carbons (Fsp3) is 0.300. The van der Waals surface area contributed by atoms with Gasteiger partial charge in [0.2, 0.25) is 0 Å². The molecule has 0 spiro atoms. The molecule has 0 fully saturated rings. The first-order valence-corrected chi connectivity index (χ1v) is 4.66. The topological polar surface area (TPSA) is 53.1 Å². The third kappa shape index (κ3) is 2.72. The summed E-state index contributed by atoms with van der Waals surface area (Å²) >= 11 is 6.04. The van der Waals surface area contributed by atoms with E-state index in [0.717, 1.165) is 12.1 Å². The van der Waals surface area contributed by atoms with Gasteiger partial charge in [-0.3, -0.25) is 5.41 Å². The fourth-order valence-electron chi connectivity index (χ4n) is 1.18. The highest BCUT2D eigenvalue weighted by Crippen LogP contribution is 2.18. The summed E-state index contributed by atoms with van der Waals surface area (Å²) in [6.45, 7) is 0.789. The van der Waals surface area contributed by atoms with Crippen LogP contribution in [0.25, 0.3) is 0 Å². The number of hydrogen-bond donors (Lipinski definition) is 2. The van der Waals surface area contributed by atoms with Gasteiger partial charge in [-0.1, -0.05) is 23.7 Å². The minimum atomic E-state index is 0.0447. The normalized spacial score (nSPS) is 10.6. The van der Waals surface area contributed by atoms with E-state index in [4.69, 9.17) is 22.7 Å². The Kier molecular flexibility index (Phi) is 3.49. The summed E-state index contributed by atoms with van der Waals surface area (Å²) in [6, 6.07) is 5.44. The molecule has 0 radical (unpaired) electrons. The molecule has 0 heterocycles. The molecular weight excluding hydrogens is 198 g/mol. The summed E-state index contributed by atoms with van der Waals surface area (Å²) in [6.07, 6.45) is 0. The molecule has 0 aromatic heterocycles. The number of halogens is 1. The lowest BCUT2D eigenvalue weighted by molar-refractivity contribution is 0.402. The summed E-state index contributed by atoms with van der Waals surface area (Å²) in [5.41, 5.74) is 7.06. The smallest absolute Gasteiger partial charge is 0.122 e. The monoisotopic (exact) mass is 211 g/mol. The third-order valence-corrected chi connectivity index (χ3v) is 2.20. The van der Waals surface area contributed by atoms with Crippen molar-refractivity contribution in [3.05, 3.63) is 34.3 Å². The second kappa shape index (κ2) is 4.44. The van der Waals surface area contributed by atoms with E-state index in [2.05, 4.69) is 0 Å². The Morgan fingerprint density at radius 1 is 1.50 bits per heavy atom. The van der Waals surface area contributed by atoms with E-state index in [0.29, 0.717) is 10.6 Å². The van der Waals surface area contributed by atoms with Gasteiger partial charge in [0.25, 0.3) is 0 Å². The minimum absolute atomic E-state index is 0.0447. The molecule has 14 heavy (non-hydrogen) atoms. The maximum absolute atomic E-state index is 7.25. The summed E-state index contributed by atoms with van der Waals surface area (Å²) in [4.78, 5) is 2.04. The second-order valence-corrected chi connectivity index (χ2v) is 3.86. The molecule has 3 nitrogen and oxygen atoms in total. The third-order valence-electron chi connectivity index (χ3n) is 1.85. The molecule has 4 heteroatoms. The molecule has 0 amide bonds. The number of nitrogen functional groups attached to an aromatic ring is 1. The quantitative estimate of drug-likeness (QED) is 0.591. The van der Waals surface area contributed by atoms with Gasteiger partial charge in [-0.2, -0.15) is 0 Å². The number of amidine groups is 1. The minimum Gasteiger partial charge on any atom is -0.384 e. The number of nitrogens with zero attached hydrogens (tertiary/aromatic N) is 1. The molecule has 0 saturated heterocycles. The number of hydrogen-bond acceptors (Lipinski definition) is 2. The molecule has 1 rings (SSSR count). The van der Waals surface area contributed by atoms with Crippen LogP contribution in [0.5, 0.6) is 0 Å². The largest absolute Gasteiger partial charge is 0.384 e. The number of rotatable bonds is 3. The van der Waals surface area contributed by atoms with Crippen molar-refractivity contribution < 1.29 is 0 Å². The van der Waals surface area contributed by atoms with Crippen molar-refractivity contribution in [2.24, 2.45) is 5.73 Å². The Hall–Kier alpha value is -1.06. The van der Waals surface area contributed by atoms with Crippen LogP contribution in [-0.4, -0.2) is 24.8 Å². The molecule has 0 bridgehead atoms. The van der Waals surface area contributed by atoms with Gasteiger partial charge in [0, 0.05) is 17.1 Å². The predicted molar refractivity (Wildman–Crippen MR) is 59.9 cm³/mol. The van der Waals surface area contributed by atoms with E-state index >= 15 is 0 Å². The van der Waals surface area contributed by atoms with E-state index in [1.54, 1.807) is 6.07 Å². The van der Waals surface area contributed by atoms with Crippen LogP contribution in [0.4, 0.5) is 0 Å². The van der Waals surface area contributed by atoms with Crippen LogP contribution in [0.1, 0.15) is 11.1 Å². The van der Waals surface area contributed by atoms with Gasteiger partial charge in [-0.15, -0.1) is 0 Å². The van der Waals surface area contributed by atoms with Crippen LogP contribution in [0, 0.1) is 5.41 Å². The maximum atomic E-state index is 7.25. The van der Waals surface area contributed by atoms with Crippen molar-refractivity contribution >= 4 is 17.4 Å². The van der Waals surface area contributed by atoms with Crippen molar-refractivity contribution in [2.75, 3.05) is 14.1 Å². The highest BCUT2D eigenvalue weighted by atomic mass is 35.5. The van der Waals surface area contributed by atoms with Gasteiger partial charge in [-0.25, -0.2) is 0 Å².